The minimum Gasteiger partial charge on any atom is -0.423 e. The zero-order valence-electron chi connectivity index (χ0n) is 29.4. The minimum absolute atomic E-state index is 0.00895. The third-order valence-corrected chi connectivity index (χ3v) is 9.15. The smallest absolute Gasteiger partial charge is 0.343 e. The van der Waals surface area contributed by atoms with Crippen LogP contribution in [0, 0.1) is 0 Å². The lowest BCUT2D eigenvalue weighted by Crippen LogP contribution is -2.09. The third-order valence-electron chi connectivity index (χ3n) is 9.15. The van der Waals surface area contributed by atoms with E-state index < -0.39 is 0 Å². The molecule has 0 saturated heterocycles. The van der Waals surface area contributed by atoms with Gasteiger partial charge in [-0.05, 0) is 72.7 Å². The molecule has 3 nitrogen and oxygen atoms in total. The van der Waals surface area contributed by atoms with E-state index in [4.69, 9.17) is 9.47 Å². The Morgan fingerprint density at radius 1 is 0.543 bits per heavy atom. The molecule has 0 aromatic heterocycles. The van der Waals surface area contributed by atoms with Gasteiger partial charge in [0.15, 0.2) is 0 Å². The zero-order chi connectivity index (χ0) is 32.7. The van der Waals surface area contributed by atoms with Crippen molar-refractivity contribution in [3.63, 3.8) is 0 Å². The molecule has 0 N–H and O–H groups in total. The molecule has 0 amide bonds. The van der Waals surface area contributed by atoms with Crippen LogP contribution in [0.2, 0.25) is 0 Å². The molecule has 0 saturated carbocycles. The van der Waals surface area contributed by atoms with Crippen molar-refractivity contribution in [1.29, 1.82) is 0 Å². The highest BCUT2D eigenvalue weighted by atomic mass is 16.5. The maximum atomic E-state index is 12.8. The molecular formula is C43H62O3. The van der Waals surface area contributed by atoms with Gasteiger partial charge in [0, 0.05) is 6.61 Å². The van der Waals surface area contributed by atoms with Gasteiger partial charge >= 0.3 is 5.97 Å². The van der Waals surface area contributed by atoms with E-state index >= 15 is 0 Å². The highest BCUT2D eigenvalue weighted by molar-refractivity contribution is 5.91. The van der Waals surface area contributed by atoms with Crippen molar-refractivity contribution in [3.8, 4) is 16.9 Å². The Kier molecular flexibility index (Phi) is 19.1. The Labute approximate surface area is 281 Å². The number of hydrogen-bond donors (Lipinski definition) is 0. The summed E-state index contributed by atoms with van der Waals surface area (Å²) >= 11 is 0. The molecule has 0 bridgehead atoms. The van der Waals surface area contributed by atoms with Crippen LogP contribution >= 0.6 is 0 Å². The van der Waals surface area contributed by atoms with Crippen molar-refractivity contribution in [3.05, 3.63) is 89.5 Å². The second-order valence-corrected chi connectivity index (χ2v) is 13.2. The van der Waals surface area contributed by atoms with E-state index in [2.05, 4.69) is 45.0 Å². The molecule has 3 heteroatoms. The fraction of sp³-hybridized carbons (Fsp3) is 0.558. The van der Waals surface area contributed by atoms with E-state index in [1.807, 2.05) is 48.5 Å². The number of hydrogen-bond acceptors (Lipinski definition) is 3. The summed E-state index contributed by atoms with van der Waals surface area (Å²) in [5.74, 6) is 0.203. The first-order valence-electron chi connectivity index (χ1n) is 18.7. The van der Waals surface area contributed by atoms with E-state index in [0.717, 1.165) is 30.6 Å². The predicted octanol–water partition coefficient (Wildman–Crippen LogP) is 13.3. The molecule has 0 spiro atoms. The van der Waals surface area contributed by atoms with Gasteiger partial charge in [-0.1, -0.05) is 165 Å². The summed E-state index contributed by atoms with van der Waals surface area (Å²) in [7, 11) is 0. The second kappa shape index (κ2) is 23.4. The molecule has 0 heterocycles. The van der Waals surface area contributed by atoms with Gasteiger partial charge in [-0.2, -0.15) is 0 Å². The summed E-state index contributed by atoms with van der Waals surface area (Å²) in [5.41, 5.74) is 5.27. The van der Waals surface area contributed by atoms with Crippen molar-refractivity contribution >= 4 is 5.97 Å². The number of ether oxygens (including phenoxy) is 2. The van der Waals surface area contributed by atoms with E-state index in [0.29, 0.717) is 11.3 Å². The molecule has 3 aromatic rings. The van der Waals surface area contributed by atoms with Gasteiger partial charge in [-0.3, -0.25) is 0 Å². The van der Waals surface area contributed by atoms with E-state index in [1.165, 1.54) is 120 Å². The van der Waals surface area contributed by atoms with Crippen LogP contribution in [-0.2, 0) is 11.2 Å². The molecular weight excluding hydrogens is 564 g/mol. The summed E-state index contributed by atoms with van der Waals surface area (Å²) in [5, 5.41) is 0. The number of unbranched alkanes of at least 4 members (excludes halogenated alkanes) is 16. The summed E-state index contributed by atoms with van der Waals surface area (Å²) < 4.78 is 11.7. The second-order valence-electron chi connectivity index (χ2n) is 13.2. The molecule has 0 aliphatic heterocycles. The van der Waals surface area contributed by atoms with Crippen LogP contribution in [-0.4, -0.2) is 12.6 Å². The van der Waals surface area contributed by atoms with Crippen LogP contribution in [0.3, 0.4) is 0 Å². The van der Waals surface area contributed by atoms with Gasteiger partial charge in [0.25, 0.3) is 0 Å². The molecule has 0 aliphatic rings. The van der Waals surface area contributed by atoms with Crippen molar-refractivity contribution in [2.45, 2.75) is 149 Å². The number of carbonyl (C=O) groups excluding carboxylic acids is 1. The topological polar surface area (TPSA) is 35.5 Å². The lowest BCUT2D eigenvalue weighted by Gasteiger charge is -2.14. The van der Waals surface area contributed by atoms with Crippen LogP contribution < -0.4 is 4.74 Å². The van der Waals surface area contributed by atoms with Gasteiger partial charge < -0.3 is 9.47 Å². The van der Waals surface area contributed by atoms with Crippen molar-refractivity contribution in [1.82, 2.24) is 0 Å². The lowest BCUT2D eigenvalue weighted by atomic mass is 10.0. The molecule has 46 heavy (non-hydrogen) atoms. The fourth-order valence-corrected chi connectivity index (χ4v) is 6.02. The van der Waals surface area contributed by atoms with Gasteiger partial charge in [0.05, 0.1) is 11.7 Å². The fourth-order valence-electron chi connectivity index (χ4n) is 6.02. The Morgan fingerprint density at radius 3 is 1.50 bits per heavy atom. The first kappa shape index (κ1) is 37.5. The average Bonchev–Trinajstić information content (AvgIpc) is 3.09. The largest absolute Gasteiger partial charge is 0.423 e. The van der Waals surface area contributed by atoms with Crippen molar-refractivity contribution in [2.75, 3.05) is 6.61 Å². The number of carbonyl (C=O) groups is 1. The van der Waals surface area contributed by atoms with Gasteiger partial charge in [-0.15, -0.1) is 0 Å². The van der Waals surface area contributed by atoms with Crippen molar-refractivity contribution in [2.24, 2.45) is 0 Å². The molecule has 0 radical (unpaired) electrons. The Balaban J connectivity index is 1.23. The molecule has 1 atom stereocenters. The summed E-state index contributed by atoms with van der Waals surface area (Å²) in [6.45, 7) is 7.37. The highest BCUT2D eigenvalue weighted by Gasteiger charge is 2.11. The van der Waals surface area contributed by atoms with Crippen LogP contribution in [0.25, 0.3) is 11.1 Å². The maximum Gasteiger partial charge on any atom is 0.343 e. The minimum atomic E-state index is -0.346. The Hall–Kier alpha value is -2.91. The number of benzene rings is 3. The predicted molar refractivity (Wildman–Crippen MR) is 196 cm³/mol. The average molecular weight is 627 g/mol. The van der Waals surface area contributed by atoms with Crippen molar-refractivity contribution < 1.29 is 14.3 Å². The quantitative estimate of drug-likeness (QED) is 0.0533. The monoisotopic (exact) mass is 626 g/mol. The maximum absolute atomic E-state index is 12.8. The van der Waals surface area contributed by atoms with E-state index in [-0.39, 0.29) is 12.1 Å². The van der Waals surface area contributed by atoms with E-state index in [1.54, 1.807) is 0 Å². The Morgan fingerprint density at radius 2 is 1.00 bits per heavy atom. The zero-order valence-corrected chi connectivity index (χ0v) is 29.4. The number of rotatable bonds is 25. The van der Waals surface area contributed by atoms with Crippen LogP contribution in [0.15, 0.2) is 72.8 Å². The van der Waals surface area contributed by atoms with Crippen LogP contribution in [0.1, 0.15) is 164 Å². The Bertz CT molecular complexity index is 1180. The SMILES string of the molecule is CCCCCCCCCCCCCCCCCCOC(C)c1ccc(C(=O)Oc2ccc(-c3ccc(CCCC)cc3)cc2)cc1. The lowest BCUT2D eigenvalue weighted by molar-refractivity contribution is 0.0626. The summed E-state index contributed by atoms with van der Waals surface area (Å²) in [6.07, 6.45) is 25.5. The third kappa shape index (κ3) is 15.1. The molecule has 1 unspecified atom stereocenters. The molecule has 252 valence electrons. The summed E-state index contributed by atoms with van der Waals surface area (Å²) in [4.78, 5) is 12.8. The van der Waals surface area contributed by atoms with Gasteiger partial charge in [-0.25, -0.2) is 4.79 Å². The van der Waals surface area contributed by atoms with E-state index in [9.17, 15) is 4.79 Å². The standard InChI is InChI=1S/C43H62O3/c1-4-6-8-9-10-11-12-13-14-15-16-17-18-19-20-21-35-45-36(3)38-27-29-41(30-28-38)43(44)46-42-33-31-40(32-34-42)39-25-23-37(24-26-39)22-7-5-2/h23-34,36H,4-22,35H2,1-3H3. The normalized spacial score (nSPS) is 11.9. The van der Waals surface area contributed by atoms with Gasteiger partial charge in [0.1, 0.15) is 5.75 Å². The molecule has 0 fully saturated rings. The van der Waals surface area contributed by atoms with Gasteiger partial charge in [0.2, 0.25) is 0 Å². The summed E-state index contributed by atoms with van der Waals surface area (Å²) in [6, 6.07) is 24.1. The molecule has 3 aromatic carbocycles. The molecule has 3 rings (SSSR count). The number of esters is 1. The molecule has 0 aliphatic carbocycles. The van der Waals surface area contributed by atoms with Crippen LogP contribution in [0.5, 0.6) is 5.75 Å². The first-order chi connectivity index (χ1) is 22.6. The number of aryl methyl sites for hydroxylation is 1. The first-order valence-corrected chi connectivity index (χ1v) is 18.7. The highest BCUT2D eigenvalue weighted by Crippen LogP contribution is 2.25. The van der Waals surface area contributed by atoms with Crippen LogP contribution in [0.4, 0.5) is 0 Å².